The summed E-state index contributed by atoms with van der Waals surface area (Å²) in [5.41, 5.74) is 1.19. The Morgan fingerprint density at radius 2 is 2.15 bits per heavy atom. The molecule has 0 bridgehead atoms. The van der Waals surface area contributed by atoms with E-state index in [2.05, 4.69) is 18.7 Å². The SMILES string of the molecule is CC(C)[C@@H]1CO[C@@]23CCN(C(=O)c4cccc(CN(C)C)c4)[C@@H]2CC(=O)N13. The Morgan fingerprint density at radius 1 is 1.37 bits per heavy atom. The van der Waals surface area contributed by atoms with Crippen LogP contribution >= 0.6 is 0 Å². The Labute approximate surface area is 161 Å². The molecule has 0 N–H and O–H groups in total. The first-order valence-electron chi connectivity index (χ1n) is 9.84. The monoisotopic (exact) mass is 371 g/mol. The molecule has 6 heteroatoms. The minimum atomic E-state index is -0.608. The van der Waals surface area contributed by atoms with E-state index >= 15 is 0 Å². The molecular weight excluding hydrogens is 342 g/mol. The van der Waals surface area contributed by atoms with Gasteiger partial charge in [0.15, 0.2) is 5.72 Å². The molecule has 0 saturated carbocycles. The highest BCUT2D eigenvalue weighted by Gasteiger charge is 2.65. The van der Waals surface area contributed by atoms with E-state index in [1.165, 1.54) is 0 Å². The zero-order chi connectivity index (χ0) is 19.3. The summed E-state index contributed by atoms with van der Waals surface area (Å²) in [5.74, 6) is 0.471. The lowest BCUT2D eigenvalue weighted by atomic mass is 10.0. The molecule has 3 heterocycles. The number of hydrogen-bond donors (Lipinski definition) is 0. The van der Waals surface area contributed by atoms with Crippen molar-refractivity contribution in [3.05, 3.63) is 35.4 Å². The summed E-state index contributed by atoms with van der Waals surface area (Å²) in [6, 6.07) is 7.74. The van der Waals surface area contributed by atoms with Crippen LogP contribution in [0.25, 0.3) is 0 Å². The minimum Gasteiger partial charge on any atom is -0.351 e. The largest absolute Gasteiger partial charge is 0.351 e. The maximum Gasteiger partial charge on any atom is 0.254 e. The van der Waals surface area contributed by atoms with Gasteiger partial charge in [-0.25, -0.2) is 0 Å². The van der Waals surface area contributed by atoms with E-state index in [1.54, 1.807) is 0 Å². The van der Waals surface area contributed by atoms with Crippen molar-refractivity contribution in [1.82, 2.24) is 14.7 Å². The zero-order valence-corrected chi connectivity index (χ0v) is 16.6. The fourth-order valence-electron chi connectivity index (χ4n) is 4.95. The van der Waals surface area contributed by atoms with Crippen LogP contribution in [-0.4, -0.2) is 71.6 Å². The molecule has 3 atom stereocenters. The lowest BCUT2D eigenvalue weighted by molar-refractivity contribution is -0.139. The van der Waals surface area contributed by atoms with Gasteiger partial charge >= 0.3 is 0 Å². The van der Waals surface area contributed by atoms with Crippen LogP contribution in [0.4, 0.5) is 0 Å². The fraction of sp³-hybridized carbons (Fsp3) is 0.619. The molecule has 0 aromatic heterocycles. The van der Waals surface area contributed by atoms with E-state index < -0.39 is 5.72 Å². The maximum atomic E-state index is 13.3. The van der Waals surface area contributed by atoms with Gasteiger partial charge in [0.1, 0.15) is 0 Å². The highest BCUT2D eigenvalue weighted by Crippen LogP contribution is 2.49. The number of likely N-dealkylation sites (tertiary alicyclic amines) is 1. The summed E-state index contributed by atoms with van der Waals surface area (Å²) in [7, 11) is 4.03. The van der Waals surface area contributed by atoms with E-state index in [-0.39, 0.29) is 23.9 Å². The molecule has 27 heavy (non-hydrogen) atoms. The highest BCUT2D eigenvalue weighted by molar-refractivity contribution is 5.96. The lowest BCUT2D eigenvalue weighted by Gasteiger charge is -2.34. The summed E-state index contributed by atoms with van der Waals surface area (Å²) in [6.07, 6.45) is 1.07. The van der Waals surface area contributed by atoms with E-state index in [4.69, 9.17) is 4.74 Å². The molecule has 146 valence electrons. The number of carbonyl (C=O) groups excluding carboxylic acids is 2. The molecule has 4 rings (SSSR count). The van der Waals surface area contributed by atoms with E-state index in [0.717, 1.165) is 12.1 Å². The van der Waals surface area contributed by atoms with Gasteiger partial charge in [0, 0.05) is 25.1 Å². The third-order valence-electron chi connectivity index (χ3n) is 6.19. The first kappa shape index (κ1) is 18.4. The van der Waals surface area contributed by atoms with Crippen molar-refractivity contribution in [2.75, 3.05) is 27.2 Å². The highest BCUT2D eigenvalue weighted by atomic mass is 16.5. The molecule has 0 aliphatic carbocycles. The molecule has 1 aromatic rings. The van der Waals surface area contributed by atoms with Gasteiger partial charge in [-0.2, -0.15) is 0 Å². The number of hydrogen-bond acceptors (Lipinski definition) is 4. The molecule has 2 amide bonds. The first-order chi connectivity index (χ1) is 12.8. The number of amides is 2. The summed E-state index contributed by atoms with van der Waals surface area (Å²) in [5, 5.41) is 0. The molecule has 3 aliphatic heterocycles. The number of ether oxygens (including phenoxy) is 1. The van der Waals surface area contributed by atoms with Crippen LogP contribution in [0.5, 0.6) is 0 Å². The number of carbonyl (C=O) groups is 2. The van der Waals surface area contributed by atoms with Gasteiger partial charge in [-0.3, -0.25) is 9.59 Å². The van der Waals surface area contributed by atoms with Crippen molar-refractivity contribution in [3.63, 3.8) is 0 Å². The van der Waals surface area contributed by atoms with Gasteiger partial charge in [-0.15, -0.1) is 0 Å². The Balaban J connectivity index is 1.59. The molecule has 3 saturated heterocycles. The predicted molar refractivity (Wildman–Crippen MR) is 102 cm³/mol. The smallest absolute Gasteiger partial charge is 0.254 e. The molecule has 0 unspecified atom stereocenters. The van der Waals surface area contributed by atoms with E-state index in [9.17, 15) is 9.59 Å². The maximum absolute atomic E-state index is 13.3. The molecular formula is C21H29N3O3. The Bertz CT molecular complexity index is 763. The third-order valence-corrected chi connectivity index (χ3v) is 6.19. The number of benzene rings is 1. The average molecular weight is 371 g/mol. The summed E-state index contributed by atoms with van der Waals surface area (Å²) < 4.78 is 6.23. The Morgan fingerprint density at radius 3 is 2.85 bits per heavy atom. The molecule has 0 radical (unpaired) electrons. The average Bonchev–Trinajstić information content (AvgIpc) is 3.23. The number of nitrogens with zero attached hydrogens (tertiary/aromatic N) is 3. The molecule has 3 fully saturated rings. The van der Waals surface area contributed by atoms with Crippen molar-refractivity contribution in [3.8, 4) is 0 Å². The second-order valence-electron chi connectivity index (χ2n) is 8.64. The van der Waals surface area contributed by atoms with Crippen molar-refractivity contribution in [2.45, 2.75) is 51.0 Å². The van der Waals surface area contributed by atoms with Gasteiger partial charge in [0.2, 0.25) is 5.91 Å². The predicted octanol–water partition coefficient (Wildman–Crippen LogP) is 1.95. The van der Waals surface area contributed by atoms with Gasteiger partial charge in [-0.05, 0) is 37.7 Å². The summed E-state index contributed by atoms with van der Waals surface area (Å²) in [4.78, 5) is 31.9. The van der Waals surface area contributed by atoms with Crippen LogP contribution in [0.3, 0.4) is 0 Å². The standard InChI is InChI=1S/C21H29N3O3/c1-14(2)17-13-27-21-8-9-23(18(21)11-19(25)24(17)21)20(26)16-7-5-6-15(10-16)12-22(3)4/h5-7,10,14,17-18H,8-9,11-13H2,1-4H3/t17-,18+,21-/m0/s1. The normalized spacial score (nSPS) is 29.8. The molecule has 1 aromatic carbocycles. The van der Waals surface area contributed by atoms with Crippen molar-refractivity contribution >= 4 is 11.8 Å². The molecule has 3 aliphatic rings. The van der Waals surface area contributed by atoms with Crippen molar-refractivity contribution in [2.24, 2.45) is 5.92 Å². The van der Waals surface area contributed by atoms with Crippen LogP contribution in [-0.2, 0) is 16.1 Å². The van der Waals surface area contributed by atoms with Crippen molar-refractivity contribution in [1.29, 1.82) is 0 Å². The van der Waals surface area contributed by atoms with E-state index in [1.807, 2.05) is 48.2 Å². The van der Waals surface area contributed by atoms with Crippen LogP contribution in [0.2, 0.25) is 0 Å². The van der Waals surface area contributed by atoms with Crippen molar-refractivity contribution < 1.29 is 14.3 Å². The molecule has 6 nitrogen and oxygen atoms in total. The summed E-state index contributed by atoms with van der Waals surface area (Å²) >= 11 is 0. The first-order valence-corrected chi connectivity index (χ1v) is 9.84. The second-order valence-corrected chi connectivity index (χ2v) is 8.64. The van der Waals surface area contributed by atoms with E-state index in [0.29, 0.717) is 37.5 Å². The van der Waals surface area contributed by atoms with Gasteiger partial charge in [-0.1, -0.05) is 26.0 Å². The second kappa shape index (κ2) is 6.60. The Hall–Kier alpha value is -1.92. The topological polar surface area (TPSA) is 53.1 Å². The Kier molecular flexibility index (Phi) is 4.51. The minimum absolute atomic E-state index is 0.00345. The van der Waals surface area contributed by atoms with Crippen LogP contribution in [0.15, 0.2) is 24.3 Å². The van der Waals surface area contributed by atoms with Crippen LogP contribution < -0.4 is 0 Å². The van der Waals surface area contributed by atoms with Gasteiger partial charge in [0.25, 0.3) is 5.91 Å². The fourth-order valence-corrected chi connectivity index (χ4v) is 4.95. The summed E-state index contributed by atoms with van der Waals surface area (Å²) in [6.45, 7) is 6.25. The quantitative estimate of drug-likeness (QED) is 0.812. The number of rotatable bonds is 4. The molecule has 1 spiro atoms. The van der Waals surface area contributed by atoms with Crippen LogP contribution in [0, 0.1) is 5.92 Å². The van der Waals surface area contributed by atoms with Crippen LogP contribution in [0.1, 0.15) is 42.6 Å². The zero-order valence-electron chi connectivity index (χ0n) is 16.6. The van der Waals surface area contributed by atoms with Gasteiger partial charge < -0.3 is 19.4 Å². The lowest BCUT2D eigenvalue weighted by Crippen LogP contribution is -2.51. The van der Waals surface area contributed by atoms with Gasteiger partial charge in [0.05, 0.1) is 25.1 Å². The third kappa shape index (κ3) is 2.86.